The Kier molecular flexibility index (Phi) is 5.03. The summed E-state index contributed by atoms with van der Waals surface area (Å²) in [6.07, 6.45) is 0.156. The normalized spacial score (nSPS) is 10.5. The maximum absolute atomic E-state index is 12.8. The van der Waals surface area contributed by atoms with E-state index in [0.717, 1.165) is 16.9 Å². The Hall–Kier alpha value is -3.22. The van der Waals surface area contributed by atoms with Crippen LogP contribution >= 0.6 is 0 Å². The van der Waals surface area contributed by atoms with E-state index in [1.807, 2.05) is 12.1 Å². The number of nitrogens with zero attached hydrogens (tertiary/aromatic N) is 2. The van der Waals surface area contributed by atoms with Crippen LogP contribution in [0, 0.1) is 5.82 Å². The average molecular weight is 341 g/mol. The maximum atomic E-state index is 12.8. The van der Waals surface area contributed by atoms with Gasteiger partial charge in [0.05, 0.1) is 20.1 Å². The van der Waals surface area contributed by atoms with Crippen molar-refractivity contribution < 1.29 is 18.4 Å². The Morgan fingerprint density at radius 3 is 2.56 bits per heavy atom. The lowest BCUT2D eigenvalue weighted by atomic mass is 10.1. The van der Waals surface area contributed by atoms with E-state index in [-0.39, 0.29) is 24.7 Å². The fraction of sp³-hybridized carbons (Fsp3) is 0.167. The van der Waals surface area contributed by atoms with Gasteiger partial charge in [-0.25, -0.2) is 4.39 Å². The fourth-order valence-corrected chi connectivity index (χ4v) is 2.20. The van der Waals surface area contributed by atoms with E-state index in [1.165, 1.54) is 12.1 Å². The predicted octanol–water partition coefficient (Wildman–Crippen LogP) is 2.74. The van der Waals surface area contributed by atoms with Crippen LogP contribution in [0.1, 0.15) is 11.4 Å². The first-order valence-corrected chi connectivity index (χ1v) is 7.62. The number of nitrogens with one attached hydrogen (secondary N) is 1. The number of aromatic nitrogens is 2. The number of benzene rings is 2. The van der Waals surface area contributed by atoms with Crippen LogP contribution in [0.2, 0.25) is 0 Å². The summed E-state index contributed by atoms with van der Waals surface area (Å²) in [6.45, 7) is 0.152. The third-order valence-electron chi connectivity index (χ3n) is 3.53. The molecule has 0 fully saturated rings. The average Bonchev–Trinajstić information content (AvgIpc) is 3.11. The van der Waals surface area contributed by atoms with Gasteiger partial charge >= 0.3 is 0 Å². The van der Waals surface area contributed by atoms with Crippen LogP contribution in [-0.4, -0.2) is 23.2 Å². The highest BCUT2D eigenvalue weighted by molar-refractivity contribution is 5.78. The van der Waals surface area contributed by atoms with E-state index in [2.05, 4.69) is 15.5 Å². The van der Waals surface area contributed by atoms with Crippen molar-refractivity contribution in [2.24, 2.45) is 0 Å². The van der Waals surface area contributed by atoms with Crippen molar-refractivity contribution in [1.29, 1.82) is 0 Å². The van der Waals surface area contributed by atoms with Crippen molar-refractivity contribution in [3.63, 3.8) is 0 Å². The number of rotatable bonds is 6. The number of methoxy groups -OCH3 is 1. The maximum Gasteiger partial charge on any atom is 0.257 e. The van der Waals surface area contributed by atoms with Crippen molar-refractivity contribution in [3.05, 3.63) is 65.7 Å². The highest BCUT2D eigenvalue weighted by atomic mass is 19.1. The Morgan fingerprint density at radius 2 is 1.88 bits per heavy atom. The molecule has 1 amide bonds. The van der Waals surface area contributed by atoms with Crippen molar-refractivity contribution in [3.8, 4) is 17.2 Å². The molecule has 25 heavy (non-hydrogen) atoms. The molecule has 0 saturated heterocycles. The quantitative estimate of drug-likeness (QED) is 0.746. The number of hydrogen-bond donors (Lipinski definition) is 1. The van der Waals surface area contributed by atoms with Crippen LogP contribution < -0.4 is 10.1 Å². The summed E-state index contributed by atoms with van der Waals surface area (Å²) in [5, 5.41) is 6.55. The molecular formula is C18H16FN3O3. The second-order valence-corrected chi connectivity index (χ2v) is 5.32. The minimum Gasteiger partial charge on any atom is -0.497 e. The minimum atomic E-state index is -0.331. The molecule has 0 spiro atoms. The van der Waals surface area contributed by atoms with Gasteiger partial charge in [0.1, 0.15) is 11.6 Å². The van der Waals surface area contributed by atoms with Crippen molar-refractivity contribution in [2.75, 3.05) is 7.11 Å². The number of carbonyl (C=O) groups excluding carboxylic acids is 1. The first-order chi connectivity index (χ1) is 12.1. The van der Waals surface area contributed by atoms with Gasteiger partial charge in [-0.15, -0.1) is 0 Å². The molecule has 0 atom stereocenters. The fourth-order valence-electron chi connectivity index (χ4n) is 2.20. The lowest BCUT2D eigenvalue weighted by Gasteiger charge is -2.02. The molecule has 2 aromatic carbocycles. The zero-order chi connectivity index (χ0) is 17.6. The SMILES string of the molecule is COc1ccc(-c2nc(CNC(=O)Cc3ccc(F)cc3)no2)cc1. The number of carbonyl (C=O) groups is 1. The van der Waals surface area contributed by atoms with E-state index in [9.17, 15) is 9.18 Å². The van der Waals surface area contributed by atoms with E-state index < -0.39 is 0 Å². The molecule has 0 unspecified atom stereocenters. The Balaban J connectivity index is 1.55. The molecule has 6 nitrogen and oxygen atoms in total. The van der Waals surface area contributed by atoms with E-state index >= 15 is 0 Å². The molecule has 0 bridgehead atoms. The Labute approximate surface area is 143 Å². The van der Waals surface area contributed by atoms with Gasteiger partial charge in [-0.1, -0.05) is 17.3 Å². The smallest absolute Gasteiger partial charge is 0.257 e. The van der Waals surface area contributed by atoms with E-state index in [0.29, 0.717) is 11.7 Å². The van der Waals surface area contributed by atoms with E-state index in [4.69, 9.17) is 9.26 Å². The van der Waals surface area contributed by atoms with Gasteiger partial charge in [0.25, 0.3) is 5.89 Å². The molecule has 7 heteroatoms. The van der Waals surface area contributed by atoms with Crippen molar-refractivity contribution >= 4 is 5.91 Å². The van der Waals surface area contributed by atoms with Crippen LogP contribution in [-0.2, 0) is 17.8 Å². The molecule has 0 saturated carbocycles. The number of halogens is 1. The predicted molar refractivity (Wildman–Crippen MR) is 88.2 cm³/mol. The van der Waals surface area contributed by atoms with Crippen LogP contribution in [0.15, 0.2) is 53.1 Å². The highest BCUT2D eigenvalue weighted by Crippen LogP contribution is 2.20. The molecule has 1 N–H and O–H groups in total. The second-order valence-electron chi connectivity index (χ2n) is 5.32. The molecule has 3 rings (SSSR count). The first kappa shape index (κ1) is 16.6. The Morgan fingerprint density at radius 1 is 1.16 bits per heavy atom. The lowest BCUT2D eigenvalue weighted by molar-refractivity contribution is -0.120. The highest BCUT2D eigenvalue weighted by Gasteiger charge is 2.10. The summed E-state index contributed by atoms with van der Waals surface area (Å²) in [6, 6.07) is 13.0. The second kappa shape index (κ2) is 7.57. The third kappa shape index (κ3) is 4.41. The van der Waals surface area contributed by atoms with Gasteiger partial charge in [0.15, 0.2) is 5.82 Å². The topological polar surface area (TPSA) is 77.2 Å². The number of ether oxygens (including phenoxy) is 1. The lowest BCUT2D eigenvalue weighted by Crippen LogP contribution is -2.25. The van der Waals surface area contributed by atoms with Crippen molar-refractivity contribution in [1.82, 2.24) is 15.5 Å². The van der Waals surface area contributed by atoms with Gasteiger partial charge in [-0.05, 0) is 42.0 Å². The van der Waals surface area contributed by atoms with Crippen LogP contribution in [0.3, 0.4) is 0 Å². The summed E-state index contributed by atoms with van der Waals surface area (Å²) in [5.41, 5.74) is 1.49. The summed E-state index contributed by atoms with van der Waals surface area (Å²) >= 11 is 0. The molecule has 0 radical (unpaired) electrons. The largest absolute Gasteiger partial charge is 0.497 e. The molecule has 1 aromatic heterocycles. The summed E-state index contributed by atoms with van der Waals surface area (Å²) < 4.78 is 23.1. The Bertz CT molecular complexity index is 845. The van der Waals surface area contributed by atoms with Crippen LogP contribution in [0.25, 0.3) is 11.5 Å². The monoisotopic (exact) mass is 341 g/mol. The molecule has 3 aromatic rings. The van der Waals surface area contributed by atoms with Crippen LogP contribution in [0.4, 0.5) is 4.39 Å². The van der Waals surface area contributed by atoms with E-state index in [1.54, 1.807) is 31.4 Å². The summed E-state index contributed by atoms with van der Waals surface area (Å²) in [4.78, 5) is 16.2. The van der Waals surface area contributed by atoms with Crippen LogP contribution in [0.5, 0.6) is 5.75 Å². The van der Waals surface area contributed by atoms with Gasteiger partial charge in [-0.3, -0.25) is 4.79 Å². The summed E-state index contributed by atoms with van der Waals surface area (Å²) in [7, 11) is 1.59. The first-order valence-electron chi connectivity index (χ1n) is 7.62. The van der Waals surface area contributed by atoms with Gasteiger partial charge < -0.3 is 14.6 Å². The molecule has 128 valence electrons. The molecular weight excluding hydrogens is 325 g/mol. The van der Waals surface area contributed by atoms with Gasteiger partial charge in [-0.2, -0.15) is 4.98 Å². The van der Waals surface area contributed by atoms with Gasteiger partial charge in [0, 0.05) is 5.56 Å². The molecule has 0 aliphatic rings. The number of amides is 1. The number of hydrogen-bond acceptors (Lipinski definition) is 5. The molecule has 0 aliphatic carbocycles. The molecule has 0 aliphatic heterocycles. The zero-order valence-electron chi connectivity index (χ0n) is 13.5. The summed E-state index contributed by atoms with van der Waals surface area (Å²) in [5.74, 6) is 0.935. The van der Waals surface area contributed by atoms with Gasteiger partial charge in [0.2, 0.25) is 5.91 Å². The standard InChI is InChI=1S/C18H16FN3O3/c1-24-15-8-4-13(5-9-15)18-21-16(22-25-18)11-20-17(23)10-12-2-6-14(19)7-3-12/h2-9H,10-11H2,1H3,(H,20,23). The van der Waals surface area contributed by atoms with Crippen molar-refractivity contribution in [2.45, 2.75) is 13.0 Å². The third-order valence-corrected chi connectivity index (χ3v) is 3.53. The minimum absolute atomic E-state index is 0.152. The molecule has 1 heterocycles. The zero-order valence-corrected chi connectivity index (χ0v) is 13.5.